The number of carbonyl (C=O) groups excluding carboxylic acids is 2. The fourth-order valence-electron chi connectivity index (χ4n) is 2.50. The van der Waals surface area contributed by atoms with Gasteiger partial charge in [0.1, 0.15) is 5.60 Å². The minimum absolute atomic E-state index is 0.00942. The Bertz CT molecular complexity index is 319. The van der Waals surface area contributed by atoms with E-state index in [4.69, 9.17) is 4.74 Å². The molecule has 0 aromatic carbocycles. The highest BCUT2D eigenvalue weighted by Crippen LogP contribution is 2.41. The molecule has 2 fully saturated rings. The molecule has 3 atom stereocenters. The van der Waals surface area contributed by atoms with Gasteiger partial charge in [0, 0.05) is 12.5 Å². The second-order valence-corrected chi connectivity index (χ2v) is 5.75. The predicted molar refractivity (Wildman–Crippen MR) is 58.6 cm³/mol. The maximum atomic E-state index is 11.8. The van der Waals surface area contributed by atoms with E-state index in [-0.39, 0.29) is 23.8 Å². The van der Waals surface area contributed by atoms with Gasteiger partial charge in [0.15, 0.2) is 0 Å². The third-order valence-electron chi connectivity index (χ3n) is 3.30. The first kappa shape index (κ1) is 11.4. The molecule has 0 radical (unpaired) electrons. The summed E-state index contributed by atoms with van der Waals surface area (Å²) in [6.07, 6.45) is 2.10. The Labute approximate surface area is 95.7 Å². The normalized spacial score (nSPS) is 33.4. The van der Waals surface area contributed by atoms with Gasteiger partial charge >= 0.3 is 5.97 Å². The molecule has 4 heteroatoms. The van der Waals surface area contributed by atoms with Gasteiger partial charge in [0.05, 0.1) is 5.92 Å². The molecule has 4 nitrogen and oxygen atoms in total. The van der Waals surface area contributed by atoms with Crippen LogP contribution in [-0.2, 0) is 14.3 Å². The zero-order chi connectivity index (χ0) is 11.9. The van der Waals surface area contributed by atoms with Gasteiger partial charge in [-0.05, 0) is 39.5 Å². The monoisotopic (exact) mass is 225 g/mol. The minimum atomic E-state index is -0.417. The van der Waals surface area contributed by atoms with Crippen LogP contribution in [-0.4, -0.2) is 23.5 Å². The molecule has 1 saturated heterocycles. The van der Waals surface area contributed by atoms with Crippen molar-refractivity contribution in [2.24, 2.45) is 11.8 Å². The Hall–Kier alpha value is -1.06. The molecule has 90 valence electrons. The van der Waals surface area contributed by atoms with E-state index < -0.39 is 5.60 Å². The van der Waals surface area contributed by atoms with Gasteiger partial charge in [-0.25, -0.2) is 0 Å². The molecule has 2 aliphatic rings. The number of rotatable bonds is 1. The first-order valence-corrected chi connectivity index (χ1v) is 5.89. The highest BCUT2D eigenvalue weighted by Gasteiger charge is 2.49. The zero-order valence-electron chi connectivity index (χ0n) is 10.1. The summed E-state index contributed by atoms with van der Waals surface area (Å²) in [5.74, 6) is 0.297. The van der Waals surface area contributed by atoms with Gasteiger partial charge in [-0.15, -0.1) is 0 Å². The lowest BCUT2D eigenvalue weighted by atomic mass is 9.65. The SMILES string of the molecule is CC(C)(C)OC(=O)C1C[C@@H]2NC(=O)CCC12. The smallest absolute Gasteiger partial charge is 0.309 e. The van der Waals surface area contributed by atoms with E-state index in [9.17, 15) is 9.59 Å². The lowest BCUT2D eigenvalue weighted by molar-refractivity contribution is -0.170. The van der Waals surface area contributed by atoms with Gasteiger partial charge in [-0.3, -0.25) is 9.59 Å². The van der Waals surface area contributed by atoms with Crippen LogP contribution in [0.4, 0.5) is 0 Å². The number of hydrogen-bond donors (Lipinski definition) is 1. The number of piperidine rings is 1. The molecule has 1 N–H and O–H groups in total. The van der Waals surface area contributed by atoms with E-state index in [0.29, 0.717) is 12.3 Å². The summed E-state index contributed by atoms with van der Waals surface area (Å²) in [4.78, 5) is 23.0. The molecule has 1 aliphatic heterocycles. The van der Waals surface area contributed by atoms with Crippen LogP contribution in [0, 0.1) is 11.8 Å². The first-order valence-electron chi connectivity index (χ1n) is 5.89. The molecule has 0 bridgehead atoms. The van der Waals surface area contributed by atoms with E-state index in [1.165, 1.54) is 0 Å². The van der Waals surface area contributed by atoms with Crippen LogP contribution in [0.1, 0.15) is 40.0 Å². The van der Waals surface area contributed by atoms with Crippen molar-refractivity contribution in [3.8, 4) is 0 Å². The van der Waals surface area contributed by atoms with Gasteiger partial charge in [0.25, 0.3) is 0 Å². The Balaban J connectivity index is 1.90. The number of hydrogen-bond acceptors (Lipinski definition) is 3. The first-order chi connectivity index (χ1) is 7.37. The van der Waals surface area contributed by atoms with Gasteiger partial charge in [0.2, 0.25) is 5.91 Å². The van der Waals surface area contributed by atoms with Crippen LogP contribution in [0.2, 0.25) is 0 Å². The Kier molecular flexibility index (Phi) is 2.68. The van der Waals surface area contributed by atoms with Crippen molar-refractivity contribution in [2.45, 2.75) is 51.7 Å². The average molecular weight is 225 g/mol. The predicted octanol–water partition coefficient (Wildman–Crippen LogP) is 1.24. The molecule has 1 aliphatic carbocycles. The summed E-state index contributed by atoms with van der Waals surface area (Å²) in [5, 5.41) is 2.92. The Morgan fingerprint density at radius 3 is 2.69 bits per heavy atom. The third kappa shape index (κ3) is 2.20. The molecular weight excluding hydrogens is 206 g/mol. The standard InChI is InChI=1S/C12H19NO3/c1-12(2,3)16-11(15)8-6-9-7(8)4-5-10(14)13-9/h7-9H,4-6H2,1-3H3,(H,13,14)/t7?,8?,9-/m0/s1. The summed E-state index contributed by atoms with van der Waals surface area (Å²) in [5.41, 5.74) is -0.417. The van der Waals surface area contributed by atoms with Crippen LogP contribution in [0.5, 0.6) is 0 Å². The number of amides is 1. The zero-order valence-corrected chi connectivity index (χ0v) is 10.1. The minimum Gasteiger partial charge on any atom is -0.460 e. The van der Waals surface area contributed by atoms with Crippen LogP contribution in [0.25, 0.3) is 0 Å². The van der Waals surface area contributed by atoms with Crippen molar-refractivity contribution in [2.75, 3.05) is 0 Å². The van der Waals surface area contributed by atoms with E-state index in [1.54, 1.807) is 0 Å². The van der Waals surface area contributed by atoms with E-state index in [2.05, 4.69) is 5.32 Å². The number of esters is 1. The lowest BCUT2D eigenvalue weighted by Crippen LogP contribution is -2.58. The molecule has 0 spiro atoms. The third-order valence-corrected chi connectivity index (χ3v) is 3.30. The summed E-state index contributed by atoms with van der Waals surface area (Å²) >= 11 is 0. The topological polar surface area (TPSA) is 55.4 Å². The maximum Gasteiger partial charge on any atom is 0.309 e. The van der Waals surface area contributed by atoms with Crippen molar-refractivity contribution in [1.29, 1.82) is 0 Å². The van der Waals surface area contributed by atoms with Crippen LogP contribution < -0.4 is 5.32 Å². The number of nitrogens with one attached hydrogen (secondary N) is 1. The quantitative estimate of drug-likeness (QED) is 0.683. The van der Waals surface area contributed by atoms with E-state index in [0.717, 1.165) is 12.8 Å². The largest absolute Gasteiger partial charge is 0.460 e. The summed E-state index contributed by atoms with van der Waals surface area (Å²) in [7, 11) is 0. The average Bonchev–Trinajstić information content (AvgIpc) is 2.06. The second kappa shape index (κ2) is 3.75. The van der Waals surface area contributed by atoms with Crippen molar-refractivity contribution >= 4 is 11.9 Å². The molecule has 16 heavy (non-hydrogen) atoms. The molecule has 2 unspecified atom stereocenters. The number of fused-ring (bicyclic) bond motifs is 1. The molecular formula is C12H19NO3. The molecule has 1 heterocycles. The van der Waals surface area contributed by atoms with Crippen LogP contribution >= 0.6 is 0 Å². The van der Waals surface area contributed by atoms with Gasteiger partial charge < -0.3 is 10.1 Å². The maximum absolute atomic E-state index is 11.8. The van der Waals surface area contributed by atoms with Gasteiger partial charge in [-0.1, -0.05) is 0 Å². The molecule has 1 saturated carbocycles. The highest BCUT2D eigenvalue weighted by atomic mass is 16.6. The Morgan fingerprint density at radius 1 is 1.44 bits per heavy atom. The summed E-state index contributed by atoms with van der Waals surface area (Å²) < 4.78 is 5.37. The molecule has 1 amide bonds. The van der Waals surface area contributed by atoms with Crippen molar-refractivity contribution in [1.82, 2.24) is 5.32 Å². The van der Waals surface area contributed by atoms with Crippen molar-refractivity contribution in [3.63, 3.8) is 0 Å². The molecule has 0 aromatic heterocycles. The van der Waals surface area contributed by atoms with Crippen molar-refractivity contribution < 1.29 is 14.3 Å². The summed E-state index contributed by atoms with van der Waals surface area (Å²) in [6.45, 7) is 5.64. The van der Waals surface area contributed by atoms with Crippen molar-refractivity contribution in [3.05, 3.63) is 0 Å². The highest BCUT2D eigenvalue weighted by molar-refractivity contribution is 5.80. The number of ether oxygens (including phenoxy) is 1. The molecule has 0 aromatic rings. The van der Waals surface area contributed by atoms with E-state index in [1.807, 2.05) is 20.8 Å². The lowest BCUT2D eigenvalue weighted by Gasteiger charge is -2.46. The van der Waals surface area contributed by atoms with Crippen LogP contribution in [0.3, 0.4) is 0 Å². The second-order valence-electron chi connectivity index (χ2n) is 5.75. The van der Waals surface area contributed by atoms with Gasteiger partial charge in [-0.2, -0.15) is 0 Å². The molecule has 2 rings (SSSR count). The fraction of sp³-hybridized carbons (Fsp3) is 0.833. The number of carbonyl (C=O) groups is 2. The fourth-order valence-corrected chi connectivity index (χ4v) is 2.50. The summed E-state index contributed by atoms with van der Waals surface area (Å²) in [6, 6.07) is 0.207. The van der Waals surface area contributed by atoms with Crippen LogP contribution in [0.15, 0.2) is 0 Å². The Morgan fingerprint density at radius 2 is 2.12 bits per heavy atom. The van der Waals surface area contributed by atoms with E-state index >= 15 is 0 Å².